The molecule has 1 aromatic rings. The summed E-state index contributed by atoms with van der Waals surface area (Å²) in [4.78, 5) is 36.0. The van der Waals surface area contributed by atoms with Crippen molar-refractivity contribution in [2.24, 2.45) is 5.73 Å². The van der Waals surface area contributed by atoms with Crippen molar-refractivity contribution in [3.8, 4) is 0 Å². The monoisotopic (exact) mass is 282 g/mol. The third-order valence-corrected chi connectivity index (χ3v) is 3.10. The third-order valence-electron chi connectivity index (χ3n) is 2.14. The van der Waals surface area contributed by atoms with E-state index in [2.05, 4.69) is 0 Å². The van der Waals surface area contributed by atoms with Gasteiger partial charge in [0, 0.05) is 15.8 Å². The molecule has 0 unspecified atom stereocenters. The van der Waals surface area contributed by atoms with Crippen molar-refractivity contribution in [1.82, 2.24) is 4.90 Å². The number of aliphatic carboxylic acids is 1. The molecule has 0 fully saturated rings. The number of carboxylic acid groups (broad SMARTS) is 1. The van der Waals surface area contributed by atoms with Crippen molar-refractivity contribution in [3.63, 3.8) is 0 Å². The van der Waals surface area contributed by atoms with Crippen LogP contribution in [0.1, 0.15) is 9.75 Å². The second-order valence-electron chi connectivity index (χ2n) is 3.84. The zero-order valence-corrected chi connectivity index (χ0v) is 11.1. The molecule has 0 saturated heterocycles. The molecule has 7 heteroatoms. The van der Waals surface area contributed by atoms with Crippen molar-refractivity contribution in [2.75, 3.05) is 13.1 Å². The molecule has 0 bridgehead atoms. The van der Waals surface area contributed by atoms with E-state index in [4.69, 9.17) is 10.8 Å². The van der Waals surface area contributed by atoms with Gasteiger partial charge in [-0.25, -0.2) is 0 Å². The number of carboxylic acids is 1. The van der Waals surface area contributed by atoms with Crippen LogP contribution in [0, 0.1) is 6.92 Å². The highest BCUT2D eigenvalue weighted by Gasteiger charge is 2.16. The van der Waals surface area contributed by atoms with Gasteiger partial charge in [0.15, 0.2) is 0 Å². The van der Waals surface area contributed by atoms with Crippen LogP contribution in [-0.2, 0) is 14.4 Å². The summed E-state index contributed by atoms with van der Waals surface area (Å²) in [5.41, 5.74) is 4.97. The molecule has 0 spiro atoms. The normalized spacial score (nSPS) is 10.6. The van der Waals surface area contributed by atoms with Gasteiger partial charge in [-0.1, -0.05) is 0 Å². The Labute approximate surface area is 114 Å². The maximum atomic E-state index is 11.8. The second-order valence-corrected chi connectivity index (χ2v) is 5.16. The fourth-order valence-corrected chi connectivity index (χ4v) is 2.14. The van der Waals surface area contributed by atoms with Crippen LogP contribution in [0.2, 0.25) is 0 Å². The van der Waals surface area contributed by atoms with Crippen LogP contribution >= 0.6 is 11.3 Å². The number of aryl methyl sites for hydroxylation is 1. The quantitative estimate of drug-likeness (QED) is 0.740. The van der Waals surface area contributed by atoms with Crippen molar-refractivity contribution in [3.05, 3.63) is 28.0 Å². The number of hydrogen-bond donors (Lipinski definition) is 2. The summed E-state index contributed by atoms with van der Waals surface area (Å²) in [5.74, 6) is -2.52. The summed E-state index contributed by atoms with van der Waals surface area (Å²) in [7, 11) is 0. The molecule has 0 atom stereocenters. The summed E-state index contributed by atoms with van der Waals surface area (Å²) < 4.78 is 0. The van der Waals surface area contributed by atoms with Crippen LogP contribution in [0.3, 0.4) is 0 Å². The topological polar surface area (TPSA) is 101 Å². The molecule has 2 amide bonds. The minimum Gasteiger partial charge on any atom is -0.480 e. The lowest BCUT2D eigenvalue weighted by atomic mass is 10.3. The van der Waals surface area contributed by atoms with Crippen LogP contribution < -0.4 is 5.73 Å². The van der Waals surface area contributed by atoms with Gasteiger partial charge in [-0.2, -0.15) is 0 Å². The van der Waals surface area contributed by atoms with Gasteiger partial charge in [0.1, 0.15) is 13.1 Å². The number of rotatable bonds is 6. The summed E-state index contributed by atoms with van der Waals surface area (Å²) >= 11 is 1.50. The predicted molar refractivity (Wildman–Crippen MR) is 71.5 cm³/mol. The highest BCUT2D eigenvalue weighted by molar-refractivity contribution is 7.12. The Hall–Kier alpha value is -2.15. The third kappa shape index (κ3) is 5.35. The van der Waals surface area contributed by atoms with E-state index in [9.17, 15) is 14.4 Å². The molecular weight excluding hydrogens is 268 g/mol. The van der Waals surface area contributed by atoms with Crippen molar-refractivity contribution < 1.29 is 19.5 Å². The Bertz CT molecular complexity index is 506. The predicted octanol–water partition coefficient (Wildman–Crippen LogP) is 0.468. The van der Waals surface area contributed by atoms with E-state index >= 15 is 0 Å². The lowest BCUT2D eigenvalue weighted by Crippen LogP contribution is -2.40. The first kappa shape index (κ1) is 14.9. The molecule has 0 aliphatic rings. The van der Waals surface area contributed by atoms with Crippen molar-refractivity contribution >= 4 is 35.2 Å². The highest BCUT2D eigenvalue weighted by atomic mass is 32.1. The number of nitrogens with two attached hydrogens (primary N) is 1. The molecule has 1 heterocycles. The Morgan fingerprint density at radius 3 is 2.53 bits per heavy atom. The van der Waals surface area contributed by atoms with Gasteiger partial charge < -0.3 is 15.7 Å². The average Bonchev–Trinajstić information content (AvgIpc) is 2.70. The van der Waals surface area contributed by atoms with Crippen LogP contribution in [0.25, 0.3) is 6.08 Å². The second kappa shape index (κ2) is 6.69. The molecule has 102 valence electrons. The van der Waals surface area contributed by atoms with Gasteiger partial charge in [0.2, 0.25) is 11.8 Å². The van der Waals surface area contributed by atoms with Crippen LogP contribution in [0.4, 0.5) is 0 Å². The number of primary amides is 1. The zero-order chi connectivity index (χ0) is 14.4. The molecule has 0 saturated carbocycles. The first-order chi connectivity index (χ1) is 8.88. The van der Waals surface area contributed by atoms with Gasteiger partial charge in [0.05, 0.1) is 0 Å². The molecule has 1 aromatic heterocycles. The van der Waals surface area contributed by atoms with Gasteiger partial charge in [0.25, 0.3) is 0 Å². The molecule has 0 aromatic carbocycles. The Balaban J connectivity index is 2.73. The summed E-state index contributed by atoms with van der Waals surface area (Å²) in [6, 6.07) is 3.76. The number of thiophene rings is 1. The molecule has 0 aliphatic carbocycles. The van der Waals surface area contributed by atoms with Crippen molar-refractivity contribution in [1.29, 1.82) is 0 Å². The Kier molecular flexibility index (Phi) is 5.25. The number of nitrogens with zero attached hydrogens (tertiary/aromatic N) is 1. The summed E-state index contributed by atoms with van der Waals surface area (Å²) in [6.07, 6.45) is 2.81. The van der Waals surface area contributed by atoms with E-state index in [1.807, 2.05) is 19.1 Å². The molecule has 19 heavy (non-hydrogen) atoms. The molecular formula is C12H14N2O4S. The minimum absolute atomic E-state index is 0.418. The maximum absolute atomic E-state index is 11.8. The molecule has 1 rings (SSSR count). The Morgan fingerprint density at radius 2 is 2.05 bits per heavy atom. The van der Waals surface area contributed by atoms with Crippen LogP contribution in [-0.4, -0.2) is 40.9 Å². The Morgan fingerprint density at radius 1 is 1.37 bits per heavy atom. The summed E-state index contributed by atoms with van der Waals surface area (Å²) in [5, 5.41) is 8.67. The standard InChI is InChI=1S/C12H14N2O4S/c1-8-2-3-9(19-8)4-5-11(16)14(6-10(13)15)7-12(17)18/h2-5H,6-7H2,1H3,(H2,13,15)(H,17,18)/b5-4+. The SMILES string of the molecule is Cc1ccc(/C=C/C(=O)N(CC(N)=O)CC(=O)O)s1. The summed E-state index contributed by atoms with van der Waals surface area (Å²) in [6.45, 7) is 0.960. The number of amides is 2. The maximum Gasteiger partial charge on any atom is 0.323 e. The lowest BCUT2D eigenvalue weighted by molar-refractivity contribution is -0.143. The number of hydrogen-bond acceptors (Lipinski definition) is 4. The van der Waals surface area contributed by atoms with E-state index in [-0.39, 0.29) is 0 Å². The molecule has 0 radical (unpaired) electrons. The fourth-order valence-electron chi connectivity index (χ4n) is 1.36. The van der Waals surface area contributed by atoms with E-state index in [0.29, 0.717) is 0 Å². The minimum atomic E-state index is -1.20. The van der Waals surface area contributed by atoms with Crippen LogP contribution in [0.5, 0.6) is 0 Å². The smallest absolute Gasteiger partial charge is 0.323 e. The van der Waals surface area contributed by atoms with Gasteiger partial charge in [-0.15, -0.1) is 11.3 Å². The lowest BCUT2D eigenvalue weighted by Gasteiger charge is -2.16. The van der Waals surface area contributed by atoms with E-state index in [1.165, 1.54) is 17.4 Å². The molecule has 6 nitrogen and oxygen atoms in total. The first-order valence-corrected chi connectivity index (χ1v) is 6.23. The highest BCUT2D eigenvalue weighted by Crippen LogP contribution is 2.16. The van der Waals surface area contributed by atoms with Gasteiger partial charge >= 0.3 is 5.97 Å². The largest absolute Gasteiger partial charge is 0.480 e. The number of carbonyl (C=O) groups is 3. The van der Waals surface area contributed by atoms with E-state index in [1.54, 1.807) is 6.08 Å². The van der Waals surface area contributed by atoms with Gasteiger partial charge in [-0.05, 0) is 25.1 Å². The van der Waals surface area contributed by atoms with E-state index in [0.717, 1.165) is 14.7 Å². The van der Waals surface area contributed by atoms with Crippen LogP contribution in [0.15, 0.2) is 18.2 Å². The number of carbonyl (C=O) groups excluding carboxylic acids is 2. The molecule has 3 N–H and O–H groups in total. The van der Waals surface area contributed by atoms with E-state index < -0.39 is 30.9 Å². The van der Waals surface area contributed by atoms with Crippen molar-refractivity contribution in [2.45, 2.75) is 6.92 Å². The fraction of sp³-hybridized carbons (Fsp3) is 0.250. The zero-order valence-electron chi connectivity index (χ0n) is 10.3. The average molecular weight is 282 g/mol. The first-order valence-electron chi connectivity index (χ1n) is 5.42. The van der Waals surface area contributed by atoms with Gasteiger partial charge in [-0.3, -0.25) is 14.4 Å². The molecule has 0 aliphatic heterocycles.